The van der Waals surface area contributed by atoms with E-state index in [4.69, 9.17) is 0 Å². The van der Waals surface area contributed by atoms with Gasteiger partial charge < -0.3 is 10.2 Å². The maximum absolute atomic E-state index is 12.6. The van der Waals surface area contributed by atoms with Gasteiger partial charge in [-0.25, -0.2) is 13.4 Å². The van der Waals surface area contributed by atoms with E-state index in [-0.39, 0.29) is 28.2 Å². The molecule has 1 N–H and O–H groups in total. The maximum Gasteiger partial charge on any atom is 0.252 e. The molecule has 0 atom stereocenters. The average Bonchev–Trinajstić information content (AvgIpc) is 2.69. The zero-order valence-corrected chi connectivity index (χ0v) is 15.6. The van der Waals surface area contributed by atoms with Crippen molar-refractivity contribution in [1.82, 2.24) is 10.3 Å². The molecule has 1 saturated heterocycles. The third kappa shape index (κ3) is 4.04. The first-order valence-corrected chi connectivity index (χ1v) is 10.4. The second kappa shape index (κ2) is 7.86. The lowest BCUT2D eigenvalue weighted by molar-refractivity contribution is 0.0927. The Balaban J connectivity index is 1.65. The topological polar surface area (TPSA) is 79.4 Å². The predicted octanol–water partition coefficient (Wildman–Crippen LogP) is 2.27. The number of sulfone groups is 1. The summed E-state index contributed by atoms with van der Waals surface area (Å²) in [5, 5.41) is 2.99. The summed E-state index contributed by atoms with van der Waals surface area (Å²) in [6, 6.07) is 12.3. The Morgan fingerprint density at radius 1 is 1.15 bits per heavy atom. The second-order valence-corrected chi connectivity index (χ2v) is 8.57. The van der Waals surface area contributed by atoms with Crippen molar-refractivity contribution in [2.45, 2.75) is 30.7 Å². The van der Waals surface area contributed by atoms with Crippen molar-refractivity contribution in [2.24, 2.45) is 0 Å². The van der Waals surface area contributed by atoms with Crippen LogP contribution >= 0.6 is 0 Å². The van der Waals surface area contributed by atoms with Crippen molar-refractivity contribution in [1.29, 1.82) is 0 Å². The van der Waals surface area contributed by atoms with Gasteiger partial charge in [-0.2, -0.15) is 0 Å². The zero-order valence-electron chi connectivity index (χ0n) is 14.8. The fraction of sp³-hybridized carbons (Fsp3) is 0.368. The highest BCUT2D eigenvalue weighted by Gasteiger charge is 2.25. The molecule has 1 aromatic heterocycles. The number of carbonyl (C=O) groups is 1. The number of rotatable bonds is 5. The molecule has 1 aliphatic heterocycles. The van der Waals surface area contributed by atoms with Gasteiger partial charge in [0.2, 0.25) is 0 Å². The monoisotopic (exact) mass is 373 g/mol. The Morgan fingerprint density at radius 2 is 1.85 bits per heavy atom. The van der Waals surface area contributed by atoms with E-state index < -0.39 is 9.84 Å². The number of carbonyl (C=O) groups excluding carboxylic acids is 1. The molecule has 0 unspecified atom stereocenters. The molecule has 3 rings (SSSR count). The Bertz CT molecular complexity index is 861. The number of amides is 1. The van der Waals surface area contributed by atoms with E-state index in [0.29, 0.717) is 0 Å². The fourth-order valence-corrected chi connectivity index (χ4v) is 4.23. The van der Waals surface area contributed by atoms with Gasteiger partial charge >= 0.3 is 0 Å². The Hall–Kier alpha value is -2.41. The molecule has 1 aliphatic rings. The van der Waals surface area contributed by atoms with Gasteiger partial charge in [-0.05, 0) is 37.1 Å². The number of nitrogens with zero attached hydrogens (tertiary/aromatic N) is 2. The molecule has 1 amide bonds. The predicted molar refractivity (Wildman–Crippen MR) is 101 cm³/mol. The summed E-state index contributed by atoms with van der Waals surface area (Å²) in [7, 11) is -3.44. The minimum absolute atomic E-state index is 0.0276. The number of piperidine rings is 1. The van der Waals surface area contributed by atoms with E-state index in [2.05, 4.69) is 15.2 Å². The Labute approximate surface area is 154 Å². The molecule has 2 aromatic rings. The summed E-state index contributed by atoms with van der Waals surface area (Å²) >= 11 is 0. The summed E-state index contributed by atoms with van der Waals surface area (Å²) in [6.07, 6.45) is 3.37. The van der Waals surface area contributed by atoms with Crippen LogP contribution in [0.2, 0.25) is 0 Å². The van der Waals surface area contributed by atoms with Crippen LogP contribution in [0.15, 0.2) is 53.6 Å². The number of benzene rings is 1. The van der Waals surface area contributed by atoms with Gasteiger partial charge in [0, 0.05) is 25.3 Å². The zero-order chi connectivity index (χ0) is 18.6. The highest BCUT2D eigenvalue weighted by molar-refractivity contribution is 7.91. The smallest absolute Gasteiger partial charge is 0.252 e. The van der Waals surface area contributed by atoms with Crippen LogP contribution in [0.3, 0.4) is 0 Å². The van der Waals surface area contributed by atoms with Crippen LogP contribution in [-0.2, 0) is 9.84 Å². The number of nitrogens with one attached hydrogen (secondary N) is 1. The van der Waals surface area contributed by atoms with Gasteiger partial charge in [0.25, 0.3) is 5.91 Å². The molecular formula is C19H23N3O3S. The molecular weight excluding hydrogens is 350 g/mol. The summed E-state index contributed by atoms with van der Waals surface area (Å²) in [5.41, 5.74) is 0.224. The highest BCUT2D eigenvalue weighted by Crippen LogP contribution is 2.20. The van der Waals surface area contributed by atoms with Gasteiger partial charge in [-0.1, -0.05) is 25.1 Å². The van der Waals surface area contributed by atoms with Crippen LogP contribution in [0.5, 0.6) is 0 Å². The van der Waals surface area contributed by atoms with E-state index >= 15 is 0 Å². The van der Waals surface area contributed by atoms with Crippen molar-refractivity contribution in [3.63, 3.8) is 0 Å². The first-order valence-electron chi connectivity index (χ1n) is 8.80. The molecule has 6 nitrogen and oxygen atoms in total. The van der Waals surface area contributed by atoms with Gasteiger partial charge in [0.15, 0.2) is 9.84 Å². The summed E-state index contributed by atoms with van der Waals surface area (Å²) in [4.78, 5) is 19.3. The van der Waals surface area contributed by atoms with E-state index in [1.165, 1.54) is 6.07 Å². The lowest BCUT2D eigenvalue weighted by Gasteiger charge is -2.33. The summed E-state index contributed by atoms with van der Waals surface area (Å²) in [5.74, 6) is 0.588. The Morgan fingerprint density at radius 3 is 2.50 bits per heavy atom. The molecule has 138 valence electrons. The number of hydrogen-bond donors (Lipinski definition) is 1. The number of aromatic nitrogens is 1. The first-order chi connectivity index (χ1) is 12.5. The van der Waals surface area contributed by atoms with Crippen LogP contribution in [0, 0.1) is 0 Å². The Kier molecular flexibility index (Phi) is 5.56. The third-order valence-corrected chi connectivity index (χ3v) is 6.44. The van der Waals surface area contributed by atoms with E-state index in [1.807, 2.05) is 18.2 Å². The SMILES string of the molecule is CCS(=O)(=O)c1ccccc1C(=O)NC1CCN(c2ccccn2)CC1. The van der Waals surface area contributed by atoms with Crippen molar-refractivity contribution >= 4 is 21.6 Å². The van der Waals surface area contributed by atoms with Crippen molar-refractivity contribution in [3.8, 4) is 0 Å². The first kappa shape index (κ1) is 18.4. The van der Waals surface area contributed by atoms with Crippen LogP contribution in [-0.4, -0.2) is 44.2 Å². The van der Waals surface area contributed by atoms with Crippen LogP contribution in [0.4, 0.5) is 5.82 Å². The number of hydrogen-bond acceptors (Lipinski definition) is 5. The maximum atomic E-state index is 12.6. The van der Waals surface area contributed by atoms with Crippen molar-refractivity contribution < 1.29 is 13.2 Å². The number of pyridine rings is 1. The van der Waals surface area contributed by atoms with Gasteiger partial charge in [0.05, 0.1) is 16.2 Å². The minimum atomic E-state index is -3.44. The molecule has 0 aliphatic carbocycles. The minimum Gasteiger partial charge on any atom is -0.356 e. The fourth-order valence-electron chi connectivity index (χ4n) is 3.14. The van der Waals surface area contributed by atoms with Crippen LogP contribution < -0.4 is 10.2 Å². The van der Waals surface area contributed by atoms with Gasteiger partial charge in [-0.15, -0.1) is 0 Å². The average molecular weight is 373 g/mol. The quantitative estimate of drug-likeness (QED) is 0.870. The van der Waals surface area contributed by atoms with Crippen LogP contribution in [0.25, 0.3) is 0 Å². The van der Waals surface area contributed by atoms with Crippen molar-refractivity contribution in [3.05, 3.63) is 54.2 Å². The van der Waals surface area contributed by atoms with E-state index in [0.717, 1.165) is 31.7 Å². The normalized spacial score (nSPS) is 15.7. The molecule has 26 heavy (non-hydrogen) atoms. The van der Waals surface area contributed by atoms with Gasteiger partial charge in [0.1, 0.15) is 5.82 Å². The lowest BCUT2D eigenvalue weighted by atomic mass is 10.0. The molecule has 0 bridgehead atoms. The lowest BCUT2D eigenvalue weighted by Crippen LogP contribution is -2.45. The van der Waals surface area contributed by atoms with Crippen molar-refractivity contribution in [2.75, 3.05) is 23.7 Å². The van der Waals surface area contributed by atoms with Gasteiger partial charge in [-0.3, -0.25) is 4.79 Å². The third-order valence-electron chi connectivity index (χ3n) is 4.65. The van der Waals surface area contributed by atoms with Crippen LogP contribution in [0.1, 0.15) is 30.1 Å². The largest absolute Gasteiger partial charge is 0.356 e. The molecule has 0 radical (unpaired) electrons. The standard InChI is InChI=1S/C19H23N3O3S/c1-2-26(24,25)17-8-4-3-7-16(17)19(23)21-15-10-13-22(14-11-15)18-9-5-6-12-20-18/h3-9,12,15H,2,10-11,13-14H2,1H3,(H,21,23). The summed E-state index contributed by atoms with van der Waals surface area (Å²) < 4.78 is 24.4. The molecule has 0 saturated carbocycles. The number of anilines is 1. The second-order valence-electron chi connectivity index (χ2n) is 6.32. The molecule has 7 heteroatoms. The highest BCUT2D eigenvalue weighted by atomic mass is 32.2. The summed E-state index contributed by atoms with van der Waals surface area (Å²) in [6.45, 7) is 3.19. The molecule has 2 heterocycles. The van der Waals surface area contributed by atoms with E-state index in [1.54, 1.807) is 31.3 Å². The molecule has 1 fully saturated rings. The molecule has 0 spiro atoms. The van der Waals surface area contributed by atoms with E-state index in [9.17, 15) is 13.2 Å². The molecule has 1 aromatic carbocycles.